The van der Waals surface area contributed by atoms with Gasteiger partial charge in [-0.05, 0) is 44.0 Å². The molecule has 7 nitrogen and oxygen atoms in total. The summed E-state index contributed by atoms with van der Waals surface area (Å²) in [5.41, 5.74) is 1.48. The smallest absolute Gasteiger partial charge is 0.226 e. The van der Waals surface area contributed by atoms with E-state index >= 15 is 0 Å². The Balaban J connectivity index is 1.53. The van der Waals surface area contributed by atoms with Gasteiger partial charge in [0.05, 0.1) is 18.8 Å². The molecule has 2 heterocycles. The predicted octanol–water partition coefficient (Wildman–Crippen LogP) is 2.37. The van der Waals surface area contributed by atoms with Gasteiger partial charge in [-0.25, -0.2) is 9.37 Å². The molecule has 1 saturated heterocycles. The molecule has 1 fully saturated rings. The van der Waals surface area contributed by atoms with Crippen LogP contribution in [0.4, 0.5) is 4.39 Å². The summed E-state index contributed by atoms with van der Waals surface area (Å²) in [5, 5.41) is 15.9. The van der Waals surface area contributed by atoms with E-state index in [-0.39, 0.29) is 17.8 Å². The Hall–Kier alpha value is -2.45. The number of halogens is 1. The molecular weight excluding hydrogens is 375 g/mol. The second-order valence-electron chi connectivity index (χ2n) is 7.30. The van der Waals surface area contributed by atoms with Crippen molar-refractivity contribution in [2.45, 2.75) is 26.2 Å². The minimum atomic E-state index is -0.287. The lowest BCUT2D eigenvalue weighted by atomic mass is 9.84. The fourth-order valence-corrected chi connectivity index (χ4v) is 3.33. The first-order valence-electron chi connectivity index (χ1n) is 10.1. The molecule has 1 unspecified atom stereocenters. The molecule has 1 aliphatic heterocycles. The number of benzene rings is 1. The molecule has 1 aromatic carbocycles. The van der Waals surface area contributed by atoms with E-state index in [1.807, 2.05) is 6.92 Å². The molecule has 0 spiro atoms. The third-order valence-electron chi connectivity index (χ3n) is 5.06. The number of hydrogen-bond acceptors (Lipinski definition) is 5. The molecule has 3 rings (SSSR count). The summed E-state index contributed by atoms with van der Waals surface area (Å²) in [4.78, 5) is 9.17. The summed E-state index contributed by atoms with van der Waals surface area (Å²) in [6, 6.07) is 6.07. The number of ether oxygens (including phenoxy) is 1. The molecule has 0 bridgehead atoms. The van der Waals surface area contributed by atoms with E-state index in [0.29, 0.717) is 38.4 Å². The van der Waals surface area contributed by atoms with Gasteiger partial charge in [-0.15, -0.1) is 0 Å². The van der Waals surface area contributed by atoms with Crippen molar-refractivity contribution >= 4 is 5.96 Å². The Morgan fingerprint density at radius 2 is 2.14 bits per heavy atom. The molecule has 0 radical (unpaired) electrons. The van der Waals surface area contributed by atoms with E-state index in [1.165, 1.54) is 12.1 Å². The maximum atomic E-state index is 13.0. The van der Waals surface area contributed by atoms with Gasteiger partial charge in [0.15, 0.2) is 5.96 Å². The number of aromatic nitrogens is 1. The topological polar surface area (TPSA) is 91.9 Å². The molecular formula is C21H29FN4O3. The van der Waals surface area contributed by atoms with Crippen molar-refractivity contribution in [3.8, 4) is 11.5 Å². The molecule has 0 amide bonds. The molecule has 0 saturated carbocycles. The van der Waals surface area contributed by atoms with E-state index in [2.05, 4.69) is 15.6 Å². The SMILES string of the molecule is CCNC(=NCC1(CCO)CCOC1)NCCc1coc(-c2ccc(F)cc2)n1. The van der Waals surface area contributed by atoms with Gasteiger partial charge in [-0.2, -0.15) is 0 Å². The van der Waals surface area contributed by atoms with Crippen molar-refractivity contribution in [1.82, 2.24) is 15.6 Å². The van der Waals surface area contributed by atoms with Crippen LogP contribution in [-0.2, 0) is 11.2 Å². The van der Waals surface area contributed by atoms with Crippen LogP contribution in [0, 0.1) is 11.2 Å². The Morgan fingerprint density at radius 3 is 2.83 bits per heavy atom. The molecule has 2 aromatic rings. The average Bonchev–Trinajstić information content (AvgIpc) is 3.37. The van der Waals surface area contributed by atoms with Crippen LogP contribution in [0.5, 0.6) is 0 Å². The zero-order valence-corrected chi connectivity index (χ0v) is 16.8. The number of hydrogen-bond donors (Lipinski definition) is 3. The Bertz CT molecular complexity index is 785. The van der Waals surface area contributed by atoms with Crippen molar-refractivity contribution in [3.63, 3.8) is 0 Å². The molecule has 29 heavy (non-hydrogen) atoms. The van der Waals surface area contributed by atoms with Gasteiger partial charge in [-0.1, -0.05) is 0 Å². The van der Waals surface area contributed by atoms with E-state index < -0.39 is 0 Å². The highest BCUT2D eigenvalue weighted by molar-refractivity contribution is 5.79. The Morgan fingerprint density at radius 1 is 1.31 bits per heavy atom. The maximum absolute atomic E-state index is 13.0. The second kappa shape index (κ2) is 10.4. The minimum absolute atomic E-state index is 0.0761. The third kappa shape index (κ3) is 6.01. The van der Waals surface area contributed by atoms with E-state index in [4.69, 9.17) is 14.1 Å². The fourth-order valence-electron chi connectivity index (χ4n) is 3.33. The van der Waals surface area contributed by atoms with Crippen LogP contribution in [0.1, 0.15) is 25.5 Å². The number of guanidine groups is 1. The van der Waals surface area contributed by atoms with E-state index in [9.17, 15) is 9.50 Å². The van der Waals surface area contributed by atoms with Crippen LogP contribution in [0.3, 0.4) is 0 Å². The van der Waals surface area contributed by atoms with Crippen LogP contribution in [0.15, 0.2) is 39.9 Å². The Labute approximate surface area is 170 Å². The van der Waals surface area contributed by atoms with Crippen molar-refractivity contribution in [2.75, 3.05) is 39.5 Å². The van der Waals surface area contributed by atoms with Gasteiger partial charge in [0.25, 0.3) is 0 Å². The van der Waals surface area contributed by atoms with E-state index in [1.54, 1.807) is 18.4 Å². The number of aliphatic hydroxyl groups is 1. The van der Waals surface area contributed by atoms with Crippen molar-refractivity contribution in [2.24, 2.45) is 10.4 Å². The molecule has 1 aliphatic rings. The second-order valence-corrected chi connectivity index (χ2v) is 7.30. The van der Waals surface area contributed by atoms with Gasteiger partial charge in [-0.3, -0.25) is 4.99 Å². The molecule has 0 aliphatic carbocycles. The fraction of sp³-hybridized carbons (Fsp3) is 0.524. The predicted molar refractivity (Wildman–Crippen MR) is 109 cm³/mol. The molecule has 1 aromatic heterocycles. The van der Waals surface area contributed by atoms with Gasteiger partial charge < -0.3 is 24.9 Å². The first-order chi connectivity index (χ1) is 14.1. The number of nitrogens with one attached hydrogen (secondary N) is 2. The first-order valence-corrected chi connectivity index (χ1v) is 10.1. The average molecular weight is 404 g/mol. The highest BCUT2D eigenvalue weighted by Crippen LogP contribution is 2.32. The van der Waals surface area contributed by atoms with Crippen LogP contribution < -0.4 is 10.6 Å². The van der Waals surface area contributed by atoms with Crippen molar-refractivity contribution < 1.29 is 18.7 Å². The van der Waals surface area contributed by atoms with Crippen LogP contribution in [0.25, 0.3) is 11.5 Å². The van der Waals surface area contributed by atoms with Gasteiger partial charge in [0.2, 0.25) is 5.89 Å². The summed E-state index contributed by atoms with van der Waals surface area (Å²) in [5.74, 6) is 0.927. The first kappa shape index (κ1) is 21.3. The van der Waals surface area contributed by atoms with Gasteiger partial charge in [0, 0.05) is 43.7 Å². The summed E-state index contributed by atoms with van der Waals surface area (Å²) in [7, 11) is 0. The van der Waals surface area contributed by atoms with Crippen LogP contribution in [-0.4, -0.2) is 55.5 Å². The summed E-state index contributed by atoms with van der Waals surface area (Å²) < 4.78 is 24.1. The lowest BCUT2D eigenvalue weighted by Crippen LogP contribution is -2.39. The van der Waals surface area contributed by atoms with Crippen molar-refractivity contribution in [3.05, 3.63) is 42.0 Å². The molecule has 3 N–H and O–H groups in total. The monoisotopic (exact) mass is 404 g/mol. The number of rotatable bonds is 9. The molecule has 158 valence electrons. The standard InChI is InChI=1S/C21H29FN4O3/c1-2-23-20(25-14-21(8-11-27)9-12-28-15-21)24-10-7-18-13-29-19(26-18)16-3-5-17(22)6-4-16/h3-6,13,27H,2,7-12,14-15H2,1H3,(H2,23,24,25). The van der Waals surface area contributed by atoms with Crippen LogP contribution >= 0.6 is 0 Å². The summed E-state index contributed by atoms with van der Waals surface area (Å²) in [6.45, 7) is 5.54. The van der Waals surface area contributed by atoms with Crippen molar-refractivity contribution in [1.29, 1.82) is 0 Å². The third-order valence-corrected chi connectivity index (χ3v) is 5.06. The molecule has 1 atom stereocenters. The lowest BCUT2D eigenvalue weighted by molar-refractivity contribution is 0.131. The quantitative estimate of drug-likeness (QED) is 0.439. The zero-order chi connectivity index (χ0) is 20.5. The summed E-state index contributed by atoms with van der Waals surface area (Å²) in [6.07, 6.45) is 3.90. The number of aliphatic imine (C=N–C) groups is 1. The molecule has 8 heteroatoms. The highest BCUT2D eigenvalue weighted by atomic mass is 19.1. The van der Waals surface area contributed by atoms with Gasteiger partial charge in [0.1, 0.15) is 12.1 Å². The number of oxazole rings is 1. The number of nitrogens with zero attached hydrogens (tertiary/aromatic N) is 2. The van der Waals surface area contributed by atoms with Crippen LogP contribution in [0.2, 0.25) is 0 Å². The Kier molecular flexibility index (Phi) is 7.60. The zero-order valence-electron chi connectivity index (χ0n) is 16.8. The van der Waals surface area contributed by atoms with E-state index in [0.717, 1.165) is 36.8 Å². The maximum Gasteiger partial charge on any atom is 0.226 e. The number of aliphatic hydroxyl groups excluding tert-OH is 1. The normalized spacial score (nSPS) is 19.5. The minimum Gasteiger partial charge on any atom is -0.444 e. The summed E-state index contributed by atoms with van der Waals surface area (Å²) >= 11 is 0. The van der Waals surface area contributed by atoms with Gasteiger partial charge >= 0.3 is 0 Å². The largest absolute Gasteiger partial charge is 0.444 e. The lowest BCUT2D eigenvalue weighted by Gasteiger charge is -2.24. The highest BCUT2D eigenvalue weighted by Gasteiger charge is 2.34.